The highest BCUT2D eigenvalue weighted by atomic mass is 14.1. The summed E-state index contributed by atoms with van der Waals surface area (Å²) in [5.41, 5.74) is 5.55. The van der Waals surface area contributed by atoms with Gasteiger partial charge in [-0.2, -0.15) is 0 Å². The van der Waals surface area contributed by atoms with Gasteiger partial charge >= 0.3 is 0 Å². The molecule has 0 saturated heterocycles. The molecule has 0 bridgehead atoms. The molecule has 3 aromatic carbocycles. The lowest BCUT2D eigenvalue weighted by molar-refractivity contribution is 1.29. The first-order valence-corrected chi connectivity index (χ1v) is 7.36. The molecule has 100 valence electrons. The van der Waals surface area contributed by atoms with E-state index in [0.717, 1.165) is 6.42 Å². The third-order valence-electron chi connectivity index (χ3n) is 4.10. The van der Waals surface area contributed by atoms with E-state index in [9.17, 15) is 0 Å². The SMILES string of the molecule is C1=Cc2cccc3cccc(c23)C1.C1=Cc2ccccc21. The zero-order chi connectivity index (χ0) is 14.1. The minimum Gasteiger partial charge on any atom is -0.0795 e. The summed E-state index contributed by atoms with van der Waals surface area (Å²) in [6, 6.07) is 21.4. The van der Waals surface area contributed by atoms with E-state index < -0.39 is 0 Å². The van der Waals surface area contributed by atoms with Gasteiger partial charge < -0.3 is 0 Å². The van der Waals surface area contributed by atoms with Crippen LogP contribution in [-0.4, -0.2) is 0 Å². The summed E-state index contributed by atoms with van der Waals surface area (Å²) in [7, 11) is 0. The summed E-state index contributed by atoms with van der Waals surface area (Å²) in [4.78, 5) is 0. The molecular weight excluding hydrogens is 252 g/mol. The summed E-state index contributed by atoms with van der Waals surface area (Å²) in [6.45, 7) is 0. The summed E-state index contributed by atoms with van der Waals surface area (Å²) < 4.78 is 0. The molecule has 2 aliphatic rings. The zero-order valence-corrected chi connectivity index (χ0v) is 11.8. The van der Waals surface area contributed by atoms with Crippen molar-refractivity contribution in [1.29, 1.82) is 0 Å². The summed E-state index contributed by atoms with van der Waals surface area (Å²) in [6.07, 6.45) is 9.77. The highest BCUT2D eigenvalue weighted by Crippen LogP contribution is 2.27. The fourth-order valence-corrected chi connectivity index (χ4v) is 2.97. The van der Waals surface area contributed by atoms with Crippen LogP contribution < -0.4 is 0 Å². The predicted octanol–water partition coefficient (Wildman–Crippen LogP) is 5.58. The van der Waals surface area contributed by atoms with Crippen molar-refractivity contribution in [2.75, 3.05) is 0 Å². The van der Waals surface area contributed by atoms with E-state index in [1.54, 1.807) is 0 Å². The first kappa shape index (κ1) is 12.2. The molecule has 0 radical (unpaired) electrons. The molecule has 0 amide bonds. The molecule has 21 heavy (non-hydrogen) atoms. The fraction of sp³-hybridized carbons (Fsp3) is 0.0476. The normalized spacial score (nSPS) is 13.1. The van der Waals surface area contributed by atoms with Crippen molar-refractivity contribution in [3.05, 3.63) is 89.0 Å². The van der Waals surface area contributed by atoms with Crippen LogP contribution in [0.25, 0.3) is 29.0 Å². The van der Waals surface area contributed by atoms with Gasteiger partial charge in [-0.25, -0.2) is 0 Å². The molecule has 5 rings (SSSR count). The lowest BCUT2D eigenvalue weighted by atomic mass is 9.93. The van der Waals surface area contributed by atoms with Crippen molar-refractivity contribution in [2.45, 2.75) is 6.42 Å². The smallest absolute Gasteiger partial charge is 0.00763 e. The number of allylic oxidation sites excluding steroid dienone is 1. The van der Waals surface area contributed by atoms with Gasteiger partial charge in [0.05, 0.1) is 0 Å². The average Bonchev–Trinajstić information content (AvgIpc) is 2.51. The molecule has 0 aromatic heterocycles. The Morgan fingerprint density at radius 3 is 1.90 bits per heavy atom. The molecule has 0 N–H and O–H groups in total. The first-order valence-electron chi connectivity index (χ1n) is 7.36. The van der Waals surface area contributed by atoms with E-state index in [1.165, 1.54) is 33.0 Å². The number of fused-ring (bicyclic) bond motifs is 1. The quantitative estimate of drug-likeness (QED) is 0.390. The molecule has 0 spiro atoms. The maximum absolute atomic E-state index is 2.23. The fourth-order valence-electron chi connectivity index (χ4n) is 2.97. The second-order valence-corrected chi connectivity index (χ2v) is 5.43. The minimum absolute atomic E-state index is 1.08. The molecule has 0 atom stereocenters. The van der Waals surface area contributed by atoms with Gasteiger partial charge in [-0.15, -0.1) is 0 Å². The Hall–Kier alpha value is -2.60. The lowest BCUT2D eigenvalue weighted by Gasteiger charge is -2.11. The number of hydrogen-bond acceptors (Lipinski definition) is 0. The van der Waals surface area contributed by atoms with Crippen molar-refractivity contribution in [2.24, 2.45) is 0 Å². The Morgan fingerprint density at radius 1 is 0.571 bits per heavy atom. The van der Waals surface area contributed by atoms with Crippen LogP contribution in [0.2, 0.25) is 0 Å². The average molecular weight is 268 g/mol. The van der Waals surface area contributed by atoms with E-state index in [0.29, 0.717) is 0 Å². The van der Waals surface area contributed by atoms with Crippen molar-refractivity contribution in [3.8, 4) is 0 Å². The second kappa shape index (κ2) is 5.06. The van der Waals surface area contributed by atoms with Crippen LogP contribution in [0.4, 0.5) is 0 Å². The van der Waals surface area contributed by atoms with Crippen LogP contribution in [0.3, 0.4) is 0 Å². The van der Waals surface area contributed by atoms with Gasteiger partial charge in [-0.05, 0) is 39.4 Å². The highest BCUT2D eigenvalue weighted by molar-refractivity contribution is 5.94. The first-order chi connectivity index (χ1) is 10.4. The number of hydrogen-bond donors (Lipinski definition) is 0. The molecular formula is C21H16. The molecule has 0 saturated carbocycles. The molecule has 0 nitrogen and oxygen atoms in total. The monoisotopic (exact) mass is 268 g/mol. The molecule has 2 aliphatic carbocycles. The number of benzene rings is 3. The second-order valence-electron chi connectivity index (χ2n) is 5.43. The molecule has 0 unspecified atom stereocenters. The maximum atomic E-state index is 2.23. The Bertz CT molecular complexity index is 836. The molecule has 0 aliphatic heterocycles. The third kappa shape index (κ3) is 2.19. The van der Waals surface area contributed by atoms with Gasteiger partial charge in [0.25, 0.3) is 0 Å². The van der Waals surface area contributed by atoms with Crippen molar-refractivity contribution in [1.82, 2.24) is 0 Å². The molecule has 0 heteroatoms. The summed E-state index contributed by atoms with van der Waals surface area (Å²) >= 11 is 0. The van der Waals surface area contributed by atoms with Gasteiger partial charge in [0.15, 0.2) is 0 Å². The van der Waals surface area contributed by atoms with Crippen LogP contribution in [0.5, 0.6) is 0 Å². The van der Waals surface area contributed by atoms with Gasteiger partial charge in [-0.1, -0.05) is 85.0 Å². The van der Waals surface area contributed by atoms with Crippen LogP contribution in [0.15, 0.2) is 66.7 Å². The van der Waals surface area contributed by atoms with Gasteiger partial charge in [0.2, 0.25) is 0 Å². The largest absolute Gasteiger partial charge is 0.0795 e. The van der Waals surface area contributed by atoms with Crippen molar-refractivity contribution in [3.63, 3.8) is 0 Å². The van der Waals surface area contributed by atoms with Crippen LogP contribution in [0.1, 0.15) is 22.3 Å². The zero-order valence-electron chi connectivity index (χ0n) is 11.8. The summed E-state index contributed by atoms with van der Waals surface area (Å²) in [5.74, 6) is 0. The van der Waals surface area contributed by atoms with Crippen molar-refractivity contribution >= 4 is 29.0 Å². The van der Waals surface area contributed by atoms with Crippen LogP contribution in [-0.2, 0) is 6.42 Å². The minimum atomic E-state index is 1.08. The van der Waals surface area contributed by atoms with Crippen LogP contribution in [0, 0.1) is 0 Å². The van der Waals surface area contributed by atoms with E-state index in [-0.39, 0.29) is 0 Å². The van der Waals surface area contributed by atoms with E-state index in [1.807, 2.05) is 0 Å². The molecule has 0 heterocycles. The lowest BCUT2D eigenvalue weighted by Crippen LogP contribution is -1.91. The Balaban J connectivity index is 0.000000123. The van der Waals surface area contributed by atoms with Crippen LogP contribution >= 0.6 is 0 Å². The predicted molar refractivity (Wildman–Crippen MR) is 92.1 cm³/mol. The topological polar surface area (TPSA) is 0 Å². The van der Waals surface area contributed by atoms with E-state index >= 15 is 0 Å². The van der Waals surface area contributed by atoms with E-state index in [2.05, 4.69) is 85.0 Å². The Morgan fingerprint density at radius 2 is 1.24 bits per heavy atom. The van der Waals surface area contributed by atoms with Gasteiger partial charge in [-0.3, -0.25) is 0 Å². The standard InChI is InChI=1S/C13H10.C8H6/c1-4-10-6-2-8-12-9-3-7-11(5-1)13(10)12;1-2-4-8-6-5-7(8)3-1/h1-8H,9H2;1-6H. The maximum Gasteiger partial charge on any atom is -0.00763 e. The summed E-state index contributed by atoms with van der Waals surface area (Å²) in [5, 5.41) is 2.80. The van der Waals surface area contributed by atoms with Gasteiger partial charge in [0, 0.05) is 0 Å². The van der Waals surface area contributed by atoms with Gasteiger partial charge in [0.1, 0.15) is 0 Å². The third-order valence-corrected chi connectivity index (χ3v) is 4.10. The highest BCUT2D eigenvalue weighted by Gasteiger charge is 2.06. The van der Waals surface area contributed by atoms with Crippen molar-refractivity contribution < 1.29 is 0 Å². The molecule has 3 aromatic rings. The number of rotatable bonds is 0. The molecule has 0 fully saturated rings. The van der Waals surface area contributed by atoms with E-state index in [4.69, 9.17) is 0 Å². The Labute approximate surface area is 125 Å². The Kier molecular flexibility index (Phi) is 2.93.